The molecule has 0 amide bonds. The number of esters is 1. The van der Waals surface area contributed by atoms with Gasteiger partial charge in [0.05, 0.1) is 13.2 Å². The molecule has 2 unspecified atom stereocenters. The largest absolute Gasteiger partial charge is 0.465 e. The van der Waals surface area contributed by atoms with Crippen molar-refractivity contribution in [2.75, 3.05) is 32.9 Å². The van der Waals surface area contributed by atoms with Crippen LogP contribution in [0, 0.1) is 0 Å². The SMILES string of the molecule is CCOC(=O)C1CCCCN1CCOC1CCCCO1. The van der Waals surface area contributed by atoms with Gasteiger partial charge in [0.1, 0.15) is 6.04 Å². The van der Waals surface area contributed by atoms with Gasteiger partial charge in [0.25, 0.3) is 0 Å². The maximum atomic E-state index is 11.9. The molecule has 0 aliphatic carbocycles. The third-order valence-electron chi connectivity index (χ3n) is 3.99. The molecule has 0 radical (unpaired) electrons. The Labute approximate surface area is 121 Å². The lowest BCUT2D eigenvalue weighted by molar-refractivity contribution is -0.167. The van der Waals surface area contributed by atoms with Gasteiger partial charge in [0, 0.05) is 13.2 Å². The number of likely N-dealkylation sites (tertiary alicyclic amines) is 1. The molecule has 2 fully saturated rings. The average molecular weight is 285 g/mol. The zero-order valence-corrected chi connectivity index (χ0v) is 12.5. The van der Waals surface area contributed by atoms with Crippen LogP contribution in [0.2, 0.25) is 0 Å². The van der Waals surface area contributed by atoms with Crippen LogP contribution in [0.3, 0.4) is 0 Å². The van der Waals surface area contributed by atoms with Crippen LogP contribution in [-0.2, 0) is 19.0 Å². The summed E-state index contributed by atoms with van der Waals surface area (Å²) in [6, 6.07) is -0.0837. The van der Waals surface area contributed by atoms with Gasteiger partial charge in [0.2, 0.25) is 0 Å². The van der Waals surface area contributed by atoms with E-state index in [4.69, 9.17) is 14.2 Å². The number of ether oxygens (including phenoxy) is 3. The zero-order valence-electron chi connectivity index (χ0n) is 12.5. The maximum Gasteiger partial charge on any atom is 0.323 e. The highest BCUT2D eigenvalue weighted by Crippen LogP contribution is 2.19. The number of hydrogen-bond donors (Lipinski definition) is 0. The molecule has 0 N–H and O–H groups in total. The van der Waals surface area contributed by atoms with Crippen molar-refractivity contribution < 1.29 is 19.0 Å². The highest BCUT2D eigenvalue weighted by molar-refractivity contribution is 5.75. The lowest BCUT2D eigenvalue weighted by Crippen LogP contribution is -2.47. The molecule has 20 heavy (non-hydrogen) atoms. The molecule has 0 aromatic carbocycles. The van der Waals surface area contributed by atoms with E-state index in [1.165, 1.54) is 6.42 Å². The molecule has 5 heteroatoms. The van der Waals surface area contributed by atoms with E-state index >= 15 is 0 Å². The van der Waals surface area contributed by atoms with Crippen LogP contribution in [0.5, 0.6) is 0 Å². The van der Waals surface area contributed by atoms with Gasteiger partial charge < -0.3 is 14.2 Å². The minimum atomic E-state index is -0.0837. The van der Waals surface area contributed by atoms with Gasteiger partial charge >= 0.3 is 5.97 Å². The fourth-order valence-electron chi connectivity index (χ4n) is 2.91. The van der Waals surface area contributed by atoms with E-state index in [-0.39, 0.29) is 18.3 Å². The average Bonchev–Trinajstić information content (AvgIpc) is 2.49. The van der Waals surface area contributed by atoms with Gasteiger partial charge in [-0.1, -0.05) is 6.42 Å². The Kier molecular flexibility index (Phi) is 6.76. The van der Waals surface area contributed by atoms with Crippen molar-refractivity contribution in [3.8, 4) is 0 Å². The second kappa shape index (κ2) is 8.60. The van der Waals surface area contributed by atoms with E-state index in [1.54, 1.807) is 0 Å². The van der Waals surface area contributed by atoms with Crippen LogP contribution in [0.15, 0.2) is 0 Å². The Hall–Kier alpha value is -0.650. The molecule has 116 valence electrons. The van der Waals surface area contributed by atoms with Crippen LogP contribution in [0.1, 0.15) is 45.4 Å². The Morgan fingerprint density at radius 3 is 2.85 bits per heavy atom. The molecule has 2 rings (SSSR count). The minimum absolute atomic E-state index is 0.0467. The molecule has 0 bridgehead atoms. The van der Waals surface area contributed by atoms with Gasteiger partial charge in [-0.25, -0.2) is 0 Å². The summed E-state index contributed by atoms with van der Waals surface area (Å²) in [7, 11) is 0. The van der Waals surface area contributed by atoms with Crippen molar-refractivity contribution in [2.24, 2.45) is 0 Å². The molecule has 2 heterocycles. The summed E-state index contributed by atoms with van der Waals surface area (Å²) in [5.41, 5.74) is 0. The second-order valence-corrected chi connectivity index (χ2v) is 5.47. The highest BCUT2D eigenvalue weighted by atomic mass is 16.7. The fourth-order valence-corrected chi connectivity index (χ4v) is 2.91. The normalized spacial score (nSPS) is 28.2. The number of rotatable bonds is 6. The minimum Gasteiger partial charge on any atom is -0.465 e. The van der Waals surface area contributed by atoms with Gasteiger partial charge in [-0.3, -0.25) is 9.69 Å². The molecule has 0 aromatic rings. The van der Waals surface area contributed by atoms with E-state index in [1.807, 2.05) is 6.92 Å². The third kappa shape index (κ3) is 4.72. The van der Waals surface area contributed by atoms with Crippen molar-refractivity contribution in [1.29, 1.82) is 0 Å². The molecule has 2 saturated heterocycles. The third-order valence-corrected chi connectivity index (χ3v) is 3.99. The summed E-state index contributed by atoms with van der Waals surface area (Å²) in [6.45, 7) is 5.48. The molecule has 2 aliphatic heterocycles. The summed E-state index contributed by atoms with van der Waals surface area (Å²) in [5, 5.41) is 0. The molecular formula is C15H27NO4. The Bertz CT molecular complexity index is 292. The molecule has 0 saturated carbocycles. The molecule has 2 aliphatic rings. The summed E-state index contributed by atoms with van der Waals surface area (Å²) in [5.74, 6) is -0.0823. The van der Waals surface area contributed by atoms with Crippen LogP contribution in [0.4, 0.5) is 0 Å². The first-order valence-electron chi connectivity index (χ1n) is 7.95. The molecule has 0 aromatic heterocycles. The highest BCUT2D eigenvalue weighted by Gasteiger charge is 2.29. The Morgan fingerprint density at radius 2 is 2.10 bits per heavy atom. The smallest absolute Gasteiger partial charge is 0.323 e. The van der Waals surface area contributed by atoms with E-state index in [2.05, 4.69) is 4.90 Å². The summed E-state index contributed by atoms with van der Waals surface area (Å²) >= 11 is 0. The maximum absolute atomic E-state index is 11.9. The van der Waals surface area contributed by atoms with E-state index in [0.29, 0.717) is 13.2 Å². The number of piperidine rings is 1. The summed E-state index contributed by atoms with van der Waals surface area (Å²) in [6.07, 6.45) is 6.41. The van der Waals surface area contributed by atoms with Crippen LogP contribution in [0.25, 0.3) is 0 Å². The topological polar surface area (TPSA) is 48.0 Å². The summed E-state index contributed by atoms with van der Waals surface area (Å²) < 4.78 is 16.5. The predicted molar refractivity (Wildman–Crippen MR) is 75.4 cm³/mol. The number of carbonyl (C=O) groups excluding carboxylic acids is 1. The monoisotopic (exact) mass is 285 g/mol. The van der Waals surface area contributed by atoms with E-state index in [0.717, 1.165) is 51.8 Å². The van der Waals surface area contributed by atoms with Crippen LogP contribution in [-0.4, -0.2) is 56.1 Å². The lowest BCUT2D eigenvalue weighted by Gasteiger charge is -2.34. The predicted octanol–water partition coefficient (Wildman–Crippen LogP) is 1.95. The number of carbonyl (C=O) groups is 1. The van der Waals surface area contributed by atoms with E-state index in [9.17, 15) is 4.79 Å². The van der Waals surface area contributed by atoms with Crippen LogP contribution >= 0.6 is 0 Å². The second-order valence-electron chi connectivity index (χ2n) is 5.47. The van der Waals surface area contributed by atoms with Gasteiger partial charge in [0.15, 0.2) is 6.29 Å². The van der Waals surface area contributed by atoms with Crippen molar-refractivity contribution in [2.45, 2.75) is 57.8 Å². The number of nitrogens with zero attached hydrogens (tertiary/aromatic N) is 1. The molecule has 0 spiro atoms. The Balaban J connectivity index is 1.72. The van der Waals surface area contributed by atoms with Crippen LogP contribution < -0.4 is 0 Å². The lowest BCUT2D eigenvalue weighted by atomic mass is 10.0. The van der Waals surface area contributed by atoms with Crippen molar-refractivity contribution in [1.82, 2.24) is 4.90 Å². The molecule has 2 atom stereocenters. The fraction of sp³-hybridized carbons (Fsp3) is 0.933. The molecular weight excluding hydrogens is 258 g/mol. The first-order chi connectivity index (χ1) is 9.81. The standard InChI is InChI=1S/C15H27NO4/c1-2-18-15(17)13-7-3-5-9-16(13)10-12-20-14-8-4-6-11-19-14/h13-14H,2-12H2,1H3. The number of hydrogen-bond acceptors (Lipinski definition) is 5. The van der Waals surface area contributed by atoms with Gasteiger partial charge in [-0.15, -0.1) is 0 Å². The van der Waals surface area contributed by atoms with Crippen molar-refractivity contribution >= 4 is 5.97 Å². The van der Waals surface area contributed by atoms with Gasteiger partial charge in [-0.2, -0.15) is 0 Å². The van der Waals surface area contributed by atoms with E-state index < -0.39 is 0 Å². The van der Waals surface area contributed by atoms with Crippen molar-refractivity contribution in [3.63, 3.8) is 0 Å². The first kappa shape index (κ1) is 15.7. The van der Waals surface area contributed by atoms with Crippen molar-refractivity contribution in [3.05, 3.63) is 0 Å². The zero-order chi connectivity index (χ0) is 14.2. The first-order valence-corrected chi connectivity index (χ1v) is 7.95. The van der Waals surface area contributed by atoms with Gasteiger partial charge in [-0.05, 0) is 45.6 Å². The Morgan fingerprint density at radius 1 is 1.25 bits per heavy atom. The molecule has 5 nitrogen and oxygen atoms in total. The summed E-state index contributed by atoms with van der Waals surface area (Å²) in [4.78, 5) is 14.1. The quantitative estimate of drug-likeness (QED) is 0.698.